The van der Waals surface area contributed by atoms with Crippen molar-refractivity contribution < 1.29 is 9.31 Å². The van der Waals surface area contributed by atoms with E-state index in [-0.39, 0.29) is 24.1 Å². The van der Waals surface area contributed by atoms with Crippen molar-refractivity contribution in [1.82, 2.24) is 0 Å². The Morgan fingerprint density at radius 2 is 2.00 bits per heavy atom. The molecule has 1 heterocycles. The van der Waals surface area contributed by atoms with Crippen molar-refractivity contribution in [1.29, 1.82) is 0 Å². The number of benzene rings is 1. The molecule has 0 spiro atoms. The summed E-state index contributed by atoms with van der Waals surface area (Å²) >= 11 is 6.73. The third-order valence-corrected chi connectivity index (χ3v) is 7.45. The van der Waals surface area contributed by atoms with Gasteiger partial charge >= 0.3 is 7.12 Å². The van der Waals surface area contributed by atoms with Crippen LogP contribution in [0.25, 0.3) is 0 Å². The van der Waals surface area contributed by atoms with Gasteiger partial charge in [0, 0.05) is 0 Å². The van der Waals surface area contributed by atoms with Crippen LogP contribution in [0.15, 0.2) is 24.3 Å². The summed E-state index contributed by atoms with van der Waals surface area (Å²) in [6.07, 6.45) is 4.45. The SMILES string of the molecule is CCc1cccc(CC(Cl)B2O[C@@H]3CC4C[C@@H](C4(C)C)[C@]3(C)O2)c1. The van der Waals surface area contributed by atoms with Crippen LogP contribution in [-0.4, -0.2) is 24.1 Å². The lowest BCUT2D eigenvalue weighted by atomic mass is 9.43. The van der Waals surface area contributed by atoms with Gasteiger partial charge in [0.05, 0.1) is 17.0 Å². The molecular formula is C20H28BClO2. The zero-order valence-corrected chi connectivity index (χ0v) is 16.0. The first-order valence-electron chi connectivity index (χ1n) is 9.39. The maximum atomic E-state index is 6.73. The molecule has 2 nitrogen and oxygen atoms in total. The molecule has 130 valence electrons. The van der Waals surface area contributed by atoms with Gasteiger partial charge in [0.25, 0.3) is 0 Å². The first kappa shape index (κ1) is 16.9. The van der Waals surface area contributed by atoms with Crippen LogP contribution in [-0.2, 0) is 22.2 Å². The number of hydrogen-bond acceptors (Lipinski definition) is 2. The molecule has 0 radical (unpaired) electrons. The zero-order valence-electron chi connectivity index (χ0n) is 15.2. The lowest BCUT2D eigenvalue weighted by molar-refractivity contribution is -0.199. The molecule has 4 aliphatic rings. The van der Waals surface area contributed by atoms with E-state index in [1.807, 2.05) is 0 Å². The topological polar surface area (TPSA) is 18.5 Å². The Morgan fingerprint density at radius 3 is 2.71 bits per heavy atom. The number of hydrogen-bond donors (Lipinski definition) is 0. The fourth-order valence-corrected chi connectivity index (χ4v) is 5.64. The summed E-state index contributed by atoms with van der Waals surface area (Å²) in [4.78, 5) is 0. The highest BCUT2D eigenvalue weighted by Gasteiger charge is 2.68. The summed E-state index contributed by atoms with van der Waals surface area (Å²) in [5.74, 6) is 1.36. The molecule has 1 aromatic rings. The Hall–Kier alpha value is -0.505. The Labute approximate surface area is 151 Å². The van der Waals surface area contributed by atoms with Gasteiger partial charge < -0.3 is 9.31 Å². The summed E-state index contributed by atoms with van der Waals surface area (Å²) < 4.78 is 12.8. The molecule has 3 aliphatic carbocycles. The molecule has 0 N–H and O–H groups in total. The van der Waals surface area contributed by atoms with Crippen LogP contribution in [0.2, 0.25) is 0 Å². The maximum absolute atomic E-state index is 6.73. The van der Waals surface area contributed by atoms with Gasteiger partial charge in [-0.25, -0.2) is 0 Å². The molecular weight excluding hydrogens is 318 g/mol. The molecule has 4 heteroatoms. The van der Waals surface area contributed by atoms with E-state index in [4.69, 9.17) is 20.9 Å². The van der Waals surface area contributed by atoms with Gasteiger partial charge in [-0.2, -0.15) is 0 Å². The molecule has 1 aliphatic heterocycles. The van der Waals surface area contributed by atoms with Crippen molar-refractivity contribution in [3.05, 3.63) is 35.4 Å². The van der Waals surface area contributed by atoms with E-state index in [2.05, 4.69) is 52.0 Å². The molecule has 4 fully saturated rings. The Balaban J connectivity index is 1.46. The zero-order chi connectivity index (χ0) is 17.1. The first-order valence-corrected chi connectivity index (χ1v) is 9.83. The maximum Gasteiger partial charge on any atom is 0.477 e. The second kappa shape index (κ2) is 5.76. The average molecular weight is 347 g/mol. The van der Waals surface area contributed by atoms with Gasteiger partial charge in [-0.3, -0.25) is 0 Å². The second-order valence-electron chi connectivity index (χ2n) is 8.73. The average Bonchev–Trinajstić information content (AvgIpc) is 2.92. The van der Waals surface area contributed by atoms with Crippen LogP contribution in [0.4, 0.5) is 0 Å². The van der Waals surface area contributed by atoms with E-state index in [0.717, 1.165) is 25.2 Å². The van der Waals surface area contributed by atoms with E-state index >= 15 is 0 Å². The van der Waals surface area contributed by atoms with Crippen LogP contribution in [0.3, 0.4) is 0 Å². The molecule has 3 saturated carbocycles. The third kappa shape index (κ3) is 2.47. The lowest BCUT2D eigenvalue weighted by Gasteiger charge is -2.64. The Kier molecular flexibility index (Phi) is 4.06. The summed E-state index contributed by atoms with van der Waals surface area (Å²) in [6, 6.07) is 8.68. The van der Waals surface area contributed by atoms with Gasteiger partial charge in [0.1, 0.15) is 0 Å². The van der Waals surface area contributed by atoms with E-state index in [1.165, 1.54) is 17.5 Å². The molecule has 2 bridgehead atoms. The van der Waals surface area contributed by atoms with E-state index in [0.29, 0.717) is 11.3 Å². The first-order chi connectivity index (χ1) is 11.3. The highest BCUT2D eigenvalue weighted by molar-refractivity contribution is 6.60. The summed E-state index contributed by atoms with van der Waals surface area (Å²) in [6.45, 7) is 9.21. The van der Waals surface area contributed by atoms with Crippen molar-refractivity contribution in [2.45, 2.75) is 70.4 Å². The highest BCUT2D eigenvalue weighted by Crippen LogP contribution is 2.65. The molecule has 1 aromatic carbocycles. The molecule has 5 rings (SSSR count). The molecule has 5 atom stereocenters. The van der Waals surface area contributed by atoms with Crippen LogP contribution in [0.1, 0.15) is 51.7 Å². The third-order valence-electron chi connectivity index (χ3n) is 7.09. The molecule has 1 saturated heterocycles. The second-order valence-corrected chi connectivity index (χ2v) is 9.29. The van der Waals surface area contributed by atoms with Crippen molar-refractivity contribution in [2.75, 3.05) is 0 Å². The summed E-state index contributed by atoms with van der Waals surface area (Å²) in [7, 11) is -0.290. The minimum absolute atomic E-state index is 0.139. The van der Waals surface area contributed by atoms with Crippen LogP contribution in [0.5, 0.6) is 0 Å². The minimum atomic E-state index is -0.290. The van der Waals surface area contributed by atoms with Crippen LogP contribution >= 0.6 is 11.6 Å². The normalized spacial score (nSPS) is 37.7. The quantitative estimate of drug-likeness (QED) is 0.583. The smallest absolute Gasteiger partial charge is 0.404 e. The highest BCUT2D eigenvalue weighted by atomic mass is 35.5. The monoisotopic (exact) mass is 346 g/mol. The van der Waals surface area contributed by atoms with E-state index in [9.17, 15) is 0 Å². The fraction of sp³-hybridized carbons (Fsp3) is 0.700. The van der Waals surface area contributed by atoms with Crippen molar-refractivity contribution in [3.63, 3.8) is 0 Å². The van der Waals surface area contributed by atoms with Gasteiger partial charge in [-0.15, -0.1) is 11.6 Å². The van der Waals surface area contributed by atoms with Gasteiger partial charge in [0.2, 0.25) is 0 Å². The number of alkyl halides is 1. The van der Waals surface area contributed by atoms with Crippen LogP contribution < -0.4 is 0 Å². The van der Waals surface area contributed by atoms with Crippen LogP contribution in [0, 0.1) is 17.3 Å². The molecule has 2 unspecified atom stereocenters. The standard InChI is InChI=1S/C20H28BClO2/c1-5-13-7-6-8-14(9-13)10-18(22)21-23-17-12-15-11-16(19(15,2)3)20(17,4)24-21/h6-9,15-18H,5,10-12H2,1-4H3/t15?,16-,17+,18?,20-/m0/s1. The predicted molar refractivity (Wildman–Crippen MR) is 99.3 cm³/mol. The van der Waals surface area contributed by atoms with Crippen molar-refractivity contribution >= 4 is 18.7 Å². The van der Waals surface area contributed by atoms with Gasteiger partial charge in [0.15, 0.2) is 0 Å². The molecule has 0 aromatic heterocycles. The number of halogens is 1. The minimum Gasteiger partial charge on any atom is -0.404 e. The summed E-state index contributed by atoms with van der Waals surface area (Å²) in [5, 5.41) is -0.139. The number of rotatable bonds is 4. The molecule has 24 heavy (non-hydrogen) atoms. The van der Waals surface area contributed by atoms with E-state index in [1.54, 1.807) is 0 Å². The fourth-order valence-electron chi connectivity index (χ4n) is 5.35. The van der Waals surface area contributed by atoms with Crippen molar-refractivity contribution in [3.8, 4) is 0 Å². The van der Waals surface area contributed by atoms with Crippen molar-refractivity contribution in [2.24, 2.45) is 17.3 Å². The van der Waals surface area contributed by atoms with Gasteiger partial charge in [-0.05, 0) is 61.0 Å². The largest absolute Gasteiger partial charge is 0.477 e. The summed E-state index contributed by atoms with van der Waals surface area (Å²) in [5.41, 5.74) is 2.83. The van der Waals surface area contributed by atoms with Gasteiger partial charge in [-0.1, -0.05) is 45.0 Å². The lowest BCUT2D eigenvalue weighted by Crippen LogP contribution is -2.65. The Morgan fingerprint density at radius 1 is 1.25 bits per heavy atom. The van der Waals surface area contributed by atoms with E-state index < -0.39 is 0 Å². The Bertz CT molecular complexity index is 634. The molecule has 0 amide bonds. The number of aryl methyl sites for hydroxylation is 1. The predicted octanol–water partition coefficient (Wildman–Crippen LogP) is 4.67.